The summed E-state index contributed by atoms with van der Waals surface area (Å²) in [6.45, 7) is 7.19. The summed E-state index contributed by atoms with van der Waals surface area (Å²) in [6.07, 6.45) is 1.76. The second-order valence-electron chi connectivity index (χ2n) is 7.33. The number of amides is 1. The molecule has 2 aromatic rings. The average Bonchev–Trinajstić information content (AvgIpc) is 2.58. The molecule has 1 N–H and O–H groups in total. The molecule has 7 nitrogen and oxygen atoms in total. The van der Waals surface area contributed by atoms with Gasteiger partial charge in [-0.2, -0.15) is 0 Å². The molecule has 0 fully saturated rings. The van der Waals surface area contributed by atoms with E-state index in [1.54, 1.807) is 12.1 Å². The molecule has 28 heavy (non-hydrogen) atoms. The van der Waals surface area contributed by atoms with Crippen molar-refractivity contribution in [3.05, 3.63) is 39.7 Å². The van der Waals surface area contributed by atoms with Crippen LogP contribution < -0.4 is 20.8 Å². The number of hydrogen-bond donors (Lipinski definition) is 1. The van der Waals surface area contributed by atoms with Crippen LogP contribution >= 0.6 is 0 Å². The summed E-state index contributed by atoms with van der Waals surface area (Å²) in [4.78, 5) is 35.2. The highest BCUT2D eigenvalue weighted by molar-refractivity contribution is 5.88. The zero-order valence-corrected chi connectivity index (χ0v) is 16.7. The highest BCUT2D eigenvalue weighted by Crippen LogP contribution is 2.30. The number of aryl methyl sites for hydroxylation is 2. The van der Waals surface area contributed by atoms with Crippen LogP contribution in [0, 0.1) is 12.8 Å². The van der Waals surface area contributed by atoms with E-state index in [9.17, 15) is 19.5 Å². The monoisotopic (exact) mass is 388 g/mol. The second kappa shape index (κ2) is 9.39. The van der Waals surface area contributed by atoms with Gasteiger partial charge in [-0.25, -0.2) is 4.79 Å². The van der Waals surface area contributed by atoms with Crippen molar-refractivity contribution in [1.29, 1.82) is 0 Å². The van der Waals surface area contributed by atoms with Gasteiger partial charge in [-0.1, -0.05) is 27.2 Å². The fraction of sp³-hybridized carbons (Fsp3) is 0.476. The maximum atomic E-state index is 12.2. The van der Waals surface area contributed by atoms with Crippen molar-refractivity contribution in [2.45, 2.75) is 53.0 Å². The van der Waals surface area contributed by atoms with Crippen LogP contribution in [0.25, 0.3) is 11.0 Å². The number of nitrogens with one attached hydrogen (secondary N) is 1. The van der Waals surface area contributed by atoms with E-state index in [4.69, 9.17) is 9.15 Å². The topological polar surface area (TPSA) is 109 Å². The minimum Gasteiger partial charge on any atom is -0.548 e. The predicted molar refractivity (Wildman–Crippen MR) is 103 cm³/mol. The van der Waals surface area contributed by atoms with Crippen LogP contribution in [0.4, 0.5) is 0 Å². The van der Waals surface area contributed by atoms with Crippen LogP contribution in [0.3, 0.4) is 0 Å². The Labute approximate surface area is 163 Å². The molecule has 0 saturated carbocycles. The van der Waals surface area contributed by atoms with E-state index in [1.807, 2.05) is 27.7 Å². The third-order valence-electron chi connectivity index (χ3n) is 4.24. The van der Waals surface area contributed by atoms with E-state index in [1.165, 1.54) is 6.07 Å². The first-order chi connectivity index (χ1) is 13.2. The van der Waals surface area contributed by atoms with Gasteiger partial charge in [0.2, 0.25) is 0 Å². The van der Waals surface area contributed by atoms with E-state index >= 15 is 0 Å². The van der Waals surface area contributed by atoms with Crippen LogP contribution in [0.1, 0.15) is 44.7 Å². The van der Waals surface area contributed by atoms with Crippen LogP contribution in [0.2, 0.25) is 0 Å². The molecule has 2 rings (SSSR count). The van der Waals surface area contributed by atoms with E-state index in [2.05, 4.69) is 5.32 Å². The van der Waals surface area contributed by atoms with Crippen LogP contribution in [0.5, 0.6) is 5.75 Å². The maximum absolute atomic E-state index is 12.2. The van der Waals surface area contributed by atoms with Crippen molar-refractivity contribution in [3.8, 4) is 5.75 Å². The molecule has 1 aromatic heterocycles. The molecule has 1 aromatic carbocycles. The molecule has 1 amide bonds. The zero-order valence-electron chi connectivity index (χ0n) is 16.7. The number of carbonyl (C=O) groups excluding carboxylic acids is 2. The van der Waals surface area contributed by atoms with E-state index < -0.39 is 23.5 Å². The summed E-state index contributed by atoms with van der Waals surface area (Å²) in [7, 11) is 0. The van der Waals surface area contributed by atoms with Gasteiger partial charge in [0.1, 0.15) is 11.3 Å². The summed E-state index contributed by atoms with van der Waals surface area (Å²) in [5.41, 5.74) is 1.57. The lowest BCUT2D eigenvalue weighted by atomic mass is 10.0. The molecule has 0 spiro atoms. The fourth-order valence-electron chi connectivity index (χ4n) is 3.12. The smallest absolute Gasteiger partial charge is 0.336 e. The molecular formula is C21H26NO6-. The van der Waals surface area contributed by atoms with Crippen LogP contribution in [-0.2, 0) is 16.0 Å². The molecule has 0 aliphatic rings. The van der Waals surface area contributed by atoms with Gasteiger partial charge in [0.25, 0.3) is 5.91 Å². The normalized spacial score (nSPS) is 12.2. The van der Waals surface area contributed by atoms with Gasteiger partial charge in [0.15, 0.2) is 6.61 Å². The molecule has 1 atom stereocenters. The Morgan fingerprint density at radius 2 is 1.96 bits per heavy atom. The van der Waals surface area contributed by atoms with Gasteiger partial charge in [-0.3, -0.25) is 4.79 Å². The number of carboxylic acids is 1. The molecule has 0 unspecified atom stereocenters. The average molecular weight is 388 g/mol. The number of fused-ring (bicyclic) bond motifs is 1. The highest BCUT2D eigenvalue weighted by atomic mass is 16.5. The van der Waals surface area contributed by atoms with Crippen molar-refractivity contribution < 1.29 is 23.8 Å². The Morgan fingerprint density at radius 3 is 2.57 bits per heavy atom. The first-order valence-corrected chi connectivity index (χ1v) is 9.41. The minimum atomic E-state index is -1.32. The molecule has 1 heterocycles. The lowest BCUT2D eigenvalue weighted by molar-refractivity contribution is -0.308. The second-order valence-corrected chi connectivity index (χ2v) is 7.33. The SMILES string of the molecule is CCCc1cc(=O)oc2cc(C)cc(OCC(=O)N[C@@H](CC(C)C)C(=O)[O-])c12. The Morgan fingerprint density at radius 1 is 1.25 bits per heavy atom. The molecule has 152 valence electrons. The van der Waals surface area contributed by atoms with Gasteiger partial charge >= 0.3 is 5.63 Å². The Hall–Kier alpha value is -2.83. The van der Waals surface area contributed by atoms with Crippen molar-refractivity contribution in [2.24, 2.45) is 5.92 Å². The molecule has 0 radical (unpaired) electrons. The number of benzene rings is 1. The minimum absolute atomic E-state index is 0.0873. The first kappa shape index (κ1) is 21.5. The largest absolute Gasteiger partial charge is 0.548 e. The number of carbonyl (C=O) groups is 2. The Balaban J connectivity index is 2.24. The number of ether oxygens (including phenoxy) is 1. The molecule has 7 heteroatoms. The number of rotatable bonds is 9. The number of aliphatic carboxylic acids is 1. The van der Waals surface area contributed by atoms with Gasteiger partial charge in [-0.05, 0) is 48.9 Å². The molecule has 0 aliphatic carbocycles. The van der Waals surface area contributed by atoms with Crippen molar-refractivity contribution in [1.82, 2.24) is 5.32 Å². The fourth-order valence-corrected chi connectivity index (χ4v) is 3.12. The number of carboxylic acid groups (broad SMARTS) is 1. The van der Waals surface area contributed by atoms with Gasteiger partial charge < -0.3 is 24.4 Å². The summed E-state index contributed by atoms with van der Waals surface area (Å²) in [5.74, 6) is -1.37. The highest BCUT2D eigenvalue weighted by Gasteiger charge is 2.17. The molecule has 0 saturated heterocycles. The van der Waals surface area contributed by atoms with Crippen molar-refractivity contribution >= 4 is 22.8 Å². The third-order valence-corrected chi connectivity index (χ3v) is 4.24. The van der Waals surface area contributed by atoms with Crippen LogP contribution in [0.15, 0.2) is 27.4 Å². The predicted octanol–water partition coefficient (Wildman–Crippen LogP) is 1.71. The summed E-state index contributed by atoms with van der Waals surface area (Å²) in [6, 6.07) is 3.87. The Kier molecular flexibility index (Phi) is 7.20. The van der Waals surface area contributed by atoms with Crippen LogP contribution in [-0.4, -0.2) is 24.5 Å². The van der Waals surface area contributed by atoms with Gasteiger partial charge in [0.05, 0.1) is 17.4 Å². The summed E-state index contributed by atoms with van der Waals surface area (Å²) in [5, 5.41) is 14.3. The number of hydrogen-bond acceptors (Lipinski definition) is 6. The maximum Gasteiger partial charge on any atom is 0.336 e. The Bertz CT molecular complexity index is 915. The third kappa shape index (κ3) is 5.58. The summed E-state index contributed by atoms with van der Waals surface area (Å²) < 4.78 is 11.0. The molecule has 0 aliphatic heterocycles. The lowest BCUT2D eigenvalue weighted by Gasteiger charge is -2.21. The van der Waals surface area contributed by atoms with Crippen molar-refractivity contribution in [2.75, 3.05) is 6.61 Å². The van der Waals surface area contributed by atoms with Gasteiger partial charge in [0, 0.05) is 6.07 Å². The van der Waals surface area contributed by atoms with Crippen molar-refractivity contribution in [3.63, 3.8) is 0 Å². The van der Waals surface area contributed by atoms with Gasteiger partial charge in [-0.15, -0.1) is 0 Å². The lowest BCUT2D eigenvalue weighted by Crippen LogP contribution is -2.49. The molecule has 0 bridgehead atoms. The standard InChI is InChI=1S/C21H27NO6/c1-5-6-14-10-19(24)28-17-9-13(4)8-16(20(14)17)27-11-18(23)22-15(21(25)26)7-12(2)3/h8-10,12,15H,5-7,11H2,1-4H3,(H,22,23)(H,25,26)/p-1/t15-/m0/s1. The quantitative estimate of drug-likeness (QED) is 0.655. The van der Waals surface area contributed by atoms with E-state index in [0.717, 1.165) is 17.5 Å². The zero-order chi connectivity index (χ0) is 20.8. The summed E-state index contributed by atoms with van der Waals surface area (Å²) >= 11 is 0. The van der Waals surface area contributed by atoms with E-state index in [-0.39, 0.29) is 18.9 Å². The van der Waals surface area contributed by atoms with E-state index in [0.29, 0.717) is 23.1 Å². The first-order valence-electron chi connectivity index (χ1n) is 9.41. The molecular weight excluding hydrogens is 362 g/mol.